The zero-order valence-corrected chi connectivity index (χ0v) is 19.9. The lowest BCUT2D eigenvalue weighted by atomic mass is 9.93. The lowest BCUT2D eigenvalue weighted by molar-refractivity contribution is -0.139. The predicted octanol–water partition coefficient (Wildman–Crippen LogP) is 3.78. The number of aliphatic hydroxyl groups excluding tert-OH is 1. The van der Waals surface area contributed by atoms with Crippen molar-refractivity contribution < 1.29 is 24.2 Å². The number of amides is 1. The monoisotopic (exact) mass is 452 g/mol. The maximum atomic E-state index is 13.1. The Bertz CT molecular complexity index is 1040. The van der Waals surface area contributed by atoms with Crippen molar-refractivity contribution in [2.45, 2.75) is 26.3 Å². The molecular weight excluding hydrogens is 420 g/mol. The highest BCUT2D eigenvalue weighted by Gasteiger charge is 2.45. The Morgan fingerprint density at radius 3 is 2.33 bits per heavy atom. The van der Waals surface area contributed by atoms with Gasteiger partial charge in [-0.25, -0.2) is 0 Å². The van der Waals surface area contributed by atoms with Gasteiger partial charge in [0, 0.05) is 12.1 Å². The molecule has 0 radical (unpaired) electrons. The van der Waals surface area contributed by atoms with E-state index in [1.54, 1.807) is 30.2 Å². The van der Waals surface area contributed by atoms with E-state index < -0.39 is 17.7 Å². The standard InChI is InChI=1S/C26H32N2O5/c1-6-33-19-10-8-18(9-11-19)23-22(24(29)21-13-12-20(32-5)16-17(21)2)25(30)26(31)28(23)15-7-14-27(3)4/h8-13,16,23,29H,6-7,14-15H2,1-5H3. The Hall–Kier alpha value is -3.32. The number of Topliss-reactive ketones (excluding diaryl/α,β-unsaturated/α-hetero) is 1. The van der Waals surface area contributed by atoms with Crippen LogP contribution in [0.3, 0.4) is 0 Å². The first kappa shape index (κ1) is 24.3. The van der Waals surface area contributed by atoms with Gasteiger partial charge in [-0.3, -0.25) is 9.59 Å². The van der Waals surface area contributed by atoms with Gasteiger partial charge in [-0.15, -0.1) is 0 Å². The molecule has 2 aromatic rings. The van der Waals surface area contributed by atoms with Crippen molar-refractivity contribution in [2.75, 3.05) is 40.9 Å². The van der Waals surface area contributed by atoms with Crippen LogP contribution in [0.5, 0.6) is 11.5 Å². The average molecular weight is 453 g/mol. The third-order valence-electron chi connectivity index (χ3n) is 5.74. The quantitative estimate of drug-likeness (QED) is 0.354. The predicted molar refractivity (Wildman–Crippen MR) is 128 cm³/mol. The van der Waals surface area contributed by atoms with E-state index in [0.29, 0.717) is 36.6 Å². The van der Waals surface area contributed by atoms with Gasteiger partial charge in [-0.2, -0.15) is 0 Å². The van der Waals surface area contributed by atoms with E-state index in [0.717, 1.165) is 17.7 Å². The van der Waals surface area contributed by atoms with E-state index in [9.17, 15) is 14.7 Å². The molecule has 0 aromatic heterocycles. The summed E-state index contributed by atoms with van der Waals surface area (Å²) in [5.41, 5.74) is 2.09. The molecule has 1 saturated heterocycles. The molecule has 1 heterocycles. The molecule has 3 rings (SSSR count). The number of benzene rings is 2. The van der Waals surface area contributed by atoms with Crippen LogP contribution in [0.25, 0.3) is 5.76 Å². The van der Waals surface area contributed by atoms with Gasteiger partial charge in [-0.1, -0.05) is 12.1 Å². The SMILES string of the molecule is CCOc1ccc(C2C(=C(O)c3ccc(OC)cc3C)C(=O)C(=O)N2CCCN(C)C)cc1. The molecule has 1 N–H and O–H groups in total. The van der Waals surface area contributed by atoms with Crippen molar-refractivity contribution in [3.05, 3.63) is 64.7 Å². The second kappa shape index (κ2) is 10.5. The van der Waals surface area contributed by atoms with Crippen molar-refractivity contribution in [3.8, 4) is 11.5 Å². The van der Waals surface area contributed by atoms with Crippen molar-refractivity contribution in [1.29, 1.82) is 0 Å². The van der Waals surface area contributed by atoms with Gasteiger partial charge < -0.3 is 24.4 Å². The second-order valence-electron chi connectivity index (χ2n) is 8.33. The molecule has 1 amide bonds. The summed E-state index contributed by atoms with van der Waals surface area (Å²) >= 11 is 0. The molecule has 33 heavy (non-hydrogen) atoms. The number of ketones is 1. The van der Waals surface area contributed by atoms with Crippen LogP contribution in [-0.2, 0) is 9.59 Å². The molecule has 0 aliphatic carbocycles. The number of aliphatic hydroxyl groups is 1. The van der Waals surface area contributed by atoms with Crippen LogP contribution in [-0.4, -0.2) is 67.5 Å². The molecule has 1 aliphatic heterocycles. The molecule has 1 atom stereocenters. The fourth-order valence-electron chi connectivity index (χ4n) is 4.10. The minimum absolute atomic E-state index is 0.0993. The number of carbonyl (C=O) groups is 2. The summed E-state index contributed by atoms with van der Waals surface area (Å²) in [7, 11) is 5.49. The van der Waals surface area contributed by atoms with E-state index in [-0.39, 0.29) is 11.3 Å². The minimum Gasteiger partial charge on any atom is -0.507 e. The Morgan fingerprint density at radius 2 is 1.76 bits per heavy atom. The number of aryl methyl sites for hydroxylation is 1. The maximum absolute atomic E-state index is 13.1. The van der Waals surface area contributed by atoms with E-state index in [4.69, 9.17) is 9.47 Å². The summed E-state index contributed by atoms with van der Waals surface area (Å²) in [5, 5.41) is 11.3. The summed E-state index contributed by atoms with van der Waals surface area (Å²) < 4.78 is 10.8. The number of ether oxygens (including phenoxy) is 2. The van der Waals surface area contributed by atoms with Gasteiger partial charge in [-0.05, 0) is 82.4 Å². The molecule has 176 valence electrons. The van der Waals surface area contributed by atoms with Gasteiger partial charge >= 0.3 is 0 Å². The van der Waals surface area contributed by atoms with E-state index in [2.05, 4.69) is 0 Å². The minimum atomic E-state index is -0.677. The van der Waals surface area contributed by atoms with Crippen molar-refractivity contribution in [2.24, 2.45) is 0 Å². The van der Waals surface area contributed by atoms with Crippen LogP contribution in [0.2, 0.25) is 0 Å². The largest absolute Gasteiger partial charge is 0.507 e. The summed E-state index contributed by atoms with van der Waals surface area (Å²) in [5.74, 6) is -0.0950. The van der Waals surface area contributed by atoms with Gasteiger partial charge in [0.25, 0.3) is 11.7 Å². The second-order valence-corrected chi connectivity index (χ2v) is 8.33. The fourth-order valence-corrected chi connectivity index (χ4v) is 4.10. The van der Waals surface area contributed by atoms with Gasteiger partial charge in [0.05, 0.1) is 25.3 Å². The summed E-state index contributed by atoms with van der Waals surface area (Å²) in [6.45, 7) is 5.45. The first-order valence-electron chi connectivity index (χ1n) is 11.1. The highest BCUT2D eigenvalue weighted by atomic mass is 16.5. The highest BCUT2D eigenvalue weighted by molar-refractivity contribution is 6.46. The molecule has 1 aliphatic rings. The highest BCUT2D eigenvalue weighted by Crippen LogP contribution is 2.40. The van der Waals surface area contributed by atoms with E-state index >= 15 is 0 Å². The summed E-state index contributed by atoms with van der Waals surface area (Å²) in [6, 6.07) is 11.9. The fraction of sp³-hybridized carbons (Fsp3) is 0.385. The van der Waals surface area contributed by atoms with Crippen LogP contribution in [0.4, 0.5) is 0 Å². The Balaban J connectivity index is 2.09. The smallest absolute Gasteiger partial charge is 0.295 e. The Kier molecular flexibility index (Phi) is 7.76. The van der Waals surface area contributed by atoms with Gasteiger partial charge in [0.2, 0.25) is 0 Å². The molecule has 0 spiro atoms. The number of likely N-dealkylation sites (tertiary alicyclic amines) is 1. The molecule has 7 heteroatoms. The molecule has 2 aromatic carbocycles. The van der Waals surface area contributed by atoms with E-state index in [1.165, 1.54) is 0 Å². The maximum Gasteiger partial charge on any atom is 0.295 e. The van der Waals surface area contributed by atoms with Crippen LogP contribution in [0, 0.1) is 6.92 Å². The summed E-state index contributed by atoms with van der Waals surface area (Å²) in [6.07, 6.45) is 0.704. The number of nitrogens with zero attached hydrogens (tertiary/aromatic N) is 2. The van der Waals surface area contributed by atoms with Crippen molar-refractivity contribution in [1.82, 2.24) is 9.80 Å². The summed E-state index contributed by atoms with van der Waals surface area (Å²) in [4.78, 5) is 29.8. The van der Waals surface area contributed by atoms with E-state index in [1.807, 2.05) is 57.1 Å². The third-order valence-corrected chi connectivity index (χ3v) is 5.74. The zero-order valence-electron chi connectivity index (χ0n) is 19.9. The number of rotatable bonds is 9. The van der Waals surface area contributed by atoms with Crippen molar-refractivity contribution in [3.63, 3.8) is 0 Å². The average Bonchev–Trinajstić information content (AvgIpc) is 3.04. The Labute approximate surface area is 195 Å². The molecule has 1 unspecified atom stereocenters. The van der Waals surface area contributed by atoms with Crippen molar-refractivity contribution >= 4 is 17.4 Å². The number of hydrogen-bond donors (Lipinski definition) is 1. The lowest BCUT2D eigenvalue weighted by Crippen LogP contribution is -2.32. The lowest BCUT2D eigenvalue weighted by Gasteiger charge is -2.26. The number of methoxy groups -OCH3 is 1. The van der Waals surface area contributed by atoms with Crippen LogP contribution in [0.15, 0.2) is 48.0 Å². The molecule has 7 nitrogen and oxygen atoms in total. The molecule has 0 saturated carbocycles. The zero-order chi connectivity index (χ0) is 24.1. The first-order valence-corrected chi connectivity index (χ1v) is 11.1. The van der Waals surface area contributed by atoms with Crippen LogP contribution in [0.1, 0.15) is 36.1 Å². The molecule has 1 fully saturated rings. The topological polar surface area (TPSA) is 79.3 Å². The van der Waals surface area contributed by atoms with Gasteiger partial charge in [0.15, 0.2) is 0 Å². The van der Waals surface area contributed by atoms with Crippen LogP contribution >= 0.6 is 0 Å². The molecular formula is C26H32N2O5. The molecule has 0 bridgehead atoms. The first-order chi connectivity index (χ1) is 15.8. The number of hydrogen-bond acceptors (Lipinski definition) is 6. The third kappa shape index (κ3) is 5.20. The van der Waals surface area contributed by atoms with Gasteiger partial charge in [0.1, 0.15) is 17.3 Å². The normalized spacial score (nSPS) is 17.6. The number of carbonyl (C=O) groups excluding carboxylic acids is 2. The van der Waals surface area contributed by atoms with Crippen LogP contribution < -0.4 is 9.47 Å². The Morgan fingerprint density at radius 1 is 1.09 bits per heavy atom.